The Kier molecular flexibility index (Phi) is 3.46. The lowest BCUT2D eigenvalue weighted by Crippen LogP contribution is -2.44. The molecule has 3 heterocycles. The van der Waals surface area contributed by atoms with Gasteiger partial charge in [-0.15, -0.1) is 0 Å². The number of pyridine rings is 1. The van der Waals surface area contributed by atoms with Crippen LogP contribution in [0.3, 0.4) is 0 Å². The first kappa shape index (κ1) is 16.6. The molecule has 1 amide bonds. The standard InChI is InChI=1S/C24H16ClN3O/c25-21-16-10-4-6-12-19(16)26-22-18(21)14-27-23(22)28(15-8-2-1-3-9-15)20-13-7-5-11-17(20)24(27)29/h1-13,23H,14H2. The predicted molar refractivity (Wildman–Crippen MR) is 114 cm³/mol. The Balaban J connectivity index is 1.65. The van der Waals surface area contributed by atoms with Crippen LogP contribution in [0.4, 0.5) is 11.4 Å². The van der Waals surface area contributed by atoms with E-state index in [4.69, 9.17) is 16.6 Å². The van der Waals surface area contributed by atoms with Gasteiger partial charge in [0.05, 0.1) is 34.0 Å². The second-order valence-electron chi connectivity index (χ2n) is 7.34. The third kappa shape index (κ3) is 2.26. The molecule has 1 atom stereocenters. The summed E-state index contributed by atoms with van der Waals surface area (Å²) in [5.74, 6) is 0.0101. The van der Waals surface area contributed by atoms with Crippen LogP contribution in [0.2, 0.25) is 5.02 Å². The van der Waals surface area contributed by atoms with Gasteiger partial charge in [0.15, 0.2) is 6.17 Å². The molecule has 2 aliphatic rings. The van der Waals surface area contributed by atoms with E-state index in [0.717, 1.165) is 33.5 Å². The Hall–Kier alpha value is -3.37. The van der Waals surface area contributed by atoms with Crippen molar-refractivity contribution in [3.63, 3.8) is 0 Å². The number of carbonyl (C=O) groups is 1. The van der Waals surface area contributed by atoms with Crippen LogP contribution in [0.15, 0.2) is 78.9 Å². The minimum atomic E-state index is -0.322. The molecule has 3 aromatic carbocycles. The number of fused-ring (bicyclic) bond motifs is 5. The summed E-state index contributed by atoms with van der Waals surface area (Å²) in [7, 11) is 0. The molecule has 0 saturated heterocycles. The smallest absolute Gasteiger partial charge is 0.258 e. The molecule has 0 saturated carbocycles. The highest BCUT2D eigenvalue weighted by Crippen LogP contribution is 2.49. The quantitative estimate of drug-likeness (QED) is 0.413. The Labute approximate surface area is 173 Å². The molecule has 0 N–H and O–H groups in total. The molecule has 6 rings (SSSR count). The summed E-state index contributed by atoms with van der Waals surface area (Å²) < 4.78 is 0. The number of hydrogen-bond donors (Lipinski definition) is 0. The number of rotatable bonds is 1. The van der Waals surface area contributed by atoms with E-state index in [-0.39, 0.29) is 12.1 Å². The van der Waals surface area contributed by atoms with E-state index >= 15 is 0 Å². The number of halogens is 1. The van der Waals surface area contributed by atoms with Gasteiger partial charge in [0, 0.05) is 16.6 Å². The average molecular weight is 398 g/mol. The van der Waals surface area contributed by atoms with E-state index in [1.165, 1.54) is 0 Å². The summed E-state index contributed by atoms with van der Waals surface area (Å²) in [6, 6.07) is 25.8. The number of benzene rings is 3. The zero-order valence-corrected chi connectivity index (χ0v) is 16.2. The maximum absolute atomic E-state index is 13.4. The van der Waals surface area contributed by atoms with Crippen molar-refractivity contribution in [2.24, 2.45) is 0 Å². The van der Waals surface area contributed by atoms with Crippen LogP contribution in [-0.4, -0.2) is 15.8 Å². The van der Waals surface area contributed by atoms with Gasteiger partial charge in [-0.3, -0.25) is 4.79 Å². The fraction of sp³-hybridized carbons (Fsp3) is 0.0833. The summed E-state index contributed by atoms with van der Waals surface area (Å²) in [5, 5.41) is 1.61. The maximum Gasteiger partial charge on any atom is 0.258 e. The lowest BCUT2D eigenvalue weighted by atomic mass is 10.0. The third-order valence-corrected chi connectivity index (χ3v) is 6.19. The first-order chi connectivity index (χ1) is 14.2. The van der Waals surface area contributed by atoms with E-state index in [2.05, 4.69) is 17.0 Å². The summed E-state index contributed by atoms with van der Waals surface area (Å²) >= 11 is 6.81. The molecule has 5 heteroatoms. The summed E-state index contributed by atoms with van der Waals surface area (Å²) in [4.78, 5) is 22.4. The SMILES string of the molecule is O=C1c2ccccc2N(c2ccccc2)C2c3nc4ccccc4c(Cl)c3CN12. The van der Waals surface area contributed by atoms with Gasteiger partial charge < -0.3 is 9.80 Å². The van der Waals surface area contributed by atoms with E-state index in [0.29, 0.717) is 17.1 Å². The van der Waals surface area contributed by atoms with Gasteiger partial charge >= 0.3 is 0 Å². The fourth-order valence-corrected chi connectivity index (χ4v) is 4.78. The highest BCUT2D eigenvalue weighted by molar-refractivity contribution is 6.36. The largest absolute Gasteiger partial charge is 0.314 e. The van der Waals surface area contributed by atoms with Gasteiger partial charge in [-0.25, -0.2) is 4.98 Å². The molecule has 0 radical (unpaired) electrons. The van der Waals surface area contributed by atoms with Crippen molar-refractivity contribution in [1.29, 1.82) is 0 Å². The maximum atomic E-state index is 13.4. The molecule has 140 valence electrons. The molecule has 29 heavy (non-hydrogen) atoms. The van der Waals surface area contributed by atoms with E-state index < -0.39 is 0 Å². The van der Waals surface area contributed by atoms with Crippen LogP contribution in [-0.2, 0) is 6.54 Å². The molecule has 0 fully saturated rings. The second kappa shape index (κ2) is 6.06. The normalized spacial score (nSPS) is 17.3. The van der Waals surface area contributed by atoms with Crippen LogP contribution in [0, 0.1) is 0 Å². The van der Waals surface area contributed by atoms with Gasteiger partial charge in [-0.1, -0.05) is 60.1 Å². The minimum Gasteiger partial charge on any atom is -0.314 e. The highest BCUT2D eigenvalue weighted by atomic mass is 35.5. The third-order valence-electron chi connectivity index (χ3n) is 5.76. The Morgan fingerprint density at radius 2 is 1.62 bits per heavy atom. The Morgan fingerprint density at radius 3 is 2.48 bits per heavy atom. The van der Waals surface area contributed by atoms with Gasteiger partial charge in [0.2, 0.25) is 0 Å². The fourth-order valence-electron chi connectivity index (χ4n) is 4.46. The molecule has 4 nitrogen and oxygen atoms in total. The van der Waals surface area contributed by atoms with Gasteiger partial charge in [-0.2, -0.15) is 0 Å². The Morgan fingerprint density at radius 1 is 0.897 bits per heavy atom. The van der Waals surface area contributed by atoms with Crippen molar-refractivity contribution < 1.29 is 4.79 Å². The number of carbonyl (C=O) groups excluding carboxylic acids is 1. The lowest BCUT2D eigenvalue weighted by Gasteiger charge is -2.41. The zero-order valence-electron chi connectivity index (χ0n) is 15.4. The summed E-state index contributed by atoms with van der Waals surface area (Å²) in [5.41, 5.74) is 5.22. The molecule has 0 spiro atoms. The zero-order chi connectivity index (χ0) is 19.5. The minimum absolute atomic E-state index is 0.0101. The van der Waals surface area contributed by atoms with Crippen LogP contribution in [0.1, 0.15) is 27.8 Å². The molecular formula is C24H16ClN3O. The highest BCUT2D eigenvalue weighted by Gasteiger charge is 2.46. The molecule has 0 aliphatic carbocycles. The summed E-state index contributed by atoms with van der Waals surface area (Å²) in [6.07, 6.45) is -0.322. The molecule has 4 aromatic rings. The number of anilines is 2. The first-order valence-electron chi connectivity index (χ1n) is 9.55. The number of aromatic nitrogens is 1. The Bertz CT molecular complexity index is 1290. The van der Waals surface area contributed by atoms with E-state index in [9.17, 15) is 4.79 Å². The molecule has 2 aliphatic heterocycles. The van der Waals surface area contributed by atoms with Gasteiger partial charge in [0.1, 0.15) is 0 Å². The van der Waals surface area contributed by atoms with Crippen LogP contribution in [0.25, 0.3) is 10.9 Å². The molecule has 1 aromatic heterocycles. The van der Waals surface area contributed by atoms with Crippen LogP contribution < -0.4 is 4.90 Å². The van der Waals surface area contributed by atoms with Crippen molar-refractivity contribution in [2.75, 3.05) is 4.90 Å². The molecular weight excluding hydrogens is 382 g/mol. The van der Waals surface area contributed by atoms with Crippen molar-refractivity contribution in [3.8, 4) is 0 Å². The average Bonchev–Trinajstić information content (AvgIpc) is 3.15. The van der Waals surface area contributed by atoms with Gasteiger partial charge in [-0.05, 0) is 30.3 Å². The number of amides is 1. The topological polar surface area (TPSA) is 36.4 Å². The lowest BCUT2D eigenvalue weighted by molar-refractivity contribution is 0.0675. The van der Waals surface area contributed by atoms with Crippen LogP contribution in [0.5, 0.6) is 0 Å². The summed E-state index contributed by atoms with van der Waals surface area (Å²) in [6.45, 7) is 0.452. The van der Waals surface area contributed by atoms with E-state index in [1.807, 2.05) is 71.6 Å². The number of para-hydroxylation sites is 3. The van der Waals surface area contributed by atoms with Gasteiger partial charge in [0.25, 0.3) is 5.91 Å². The van der Waals surface area contributed by atoms with Crippen molar-refractivity contribution in [2.45, 2.75) is 12.7 Å². The first-order valence-corrected chi connectivity index (χ1v) is 9.93. The van der Waals surface area contributed by atoms with Crippen molar-refractivity contribution in [3.05, 3.63) is 101 Å². The molecule has 0 bridgehead atoms. The van der Waals surface area contributed by atoms with Crippen LogP contribution >= 0.6 is 11.6 Å². The van der Waals surface area contributed by atoms with E-state index in [1.54, 1.807) is 0 Å². The molecule has 1 unspecified atom stereocenters. The second-order valence-corrected chi connectivity index (χ2v) is 7.71. The number of hydrogen-bond acceptors (Lipinski definition) is 3. The predicted octanol–water partition coefficient (Wildman–Crippen LogP) is 5.69. The van der Waals surface area contributed by atoms with Crippen molar-refractivity contribution >= 4 is 39.8 Å². The monoisotopic (exact) mass is 397 g/mol. The van der Waals surface area contributed by atoms with Crippen molar-refractivity contribution in [1.82, 2.24) is 9.88 Å². The number of nitrogens with zero attached hydrogens (tertiary/aromatic N) is 3.